The van der Waals surface area contributed by atoms with Crippen molar-refractivity contribution in [3.8, 4) is 5.69 Å². The second-order valence-corrected chi connectivity index (χ2v) is 5.85. The van der Waals surface area contributed by atoms with Crippen LogP contribution in [0.1, 0.15) is 58.1 Å². The summed E-state index contributed by atoms with van der Waals surface area (Å²) in [7, 11) is 0. The van der Waals surface area contributed by atoms with E-state index in [2.05, 4.69) is 55.3 Å². The summed E-state index contributed by atoms with van der Waals surface area (Å²) in [5.41, 5.74) is 2.49. The van der Waals surface area contributed by atoms with Gasteiger partial charge in [-0.3, -0.25) is 0 Å². The maximum Gasteiger partial charge on any atom is 0.0991 e. The molecule has 21 heavy (non-hydrogen) atoms. The van der Waals surface area contributed by atoms with Crippen molar-refractivity contribution in [2.24, 2.45) is 0 Å². The Bertz CT molecular complexity index is 502. The molecule has 2 atom stereocenters. The summed E-state index contributed by atoms with van der Waals surface area (Å²) in [4.78, 5) is 4.08. The summed E-state index contributed by atoms with van der Waals surface area (Å²) in [6.07, 6.45) is 10.8. The second-order valence-electron chi connectivity index (χ2n) is 5.85. The van der Waals surface area contributed by atoms with Gasteiger partial charge < -0.3 is 9.88 Å². The van der Waals surface area contributed by atoms with E-state index in [4.69, 9.17) is 0 Å². The van der Waals surface area contributed by atoms with Gasteiger partial charge in [-0.25, -0.2) is 4.98 Å². The van der Waals surface area contributed by atoms with E-state index in [0.717, 1.165) is 5.69 Å². The predicted octanol–water partition coefficient (Wildman–Crippen LogP) is 4.49. The summed E-state index contributed by atoms with van der Waals surface area (Å²) < 4.78 is 2.02. The Morgan fingerprint density at radius 3 is 2.52 bits per heavy atom. The molecule has 0 fully saturated rings. The van der Waals surface area contributed by atoms with Gasteiger partial charge in [0.2, 0.25) is 0 Å². The Balaban J connectivity index is 1.89. The van der Waals surface area contributed by atoms with Crippen molar-refractivity contribution in [3.63, 3.8) is 0 Å². The Kier molecular flexibility index (Phi) is 6.00. The van der Waals surface area contributed by atoms with Gasteiger partial charge in [0, 0.05) is 30.2 Å². The summed E-state index contributed by atoms with van der Waals surface area (Å²) >= 11 is 0. The molecule has 0 aliphatic carbocycles. The number of hydrogen-bond acceptors (Lipinski definition) is 2. The Labute approximate surface area is 128 Å². The molecular weight excluding hydrogens is 258 g/mol. The number of hydrogen-bond donors (Lipinski definition) is 1. The molecule has 2 aromatic rings. The first-order chi connectivity index (χ1) is 10.2. The predicted molar refractivity (Wildman–Crippen MR) is 88.7 cm³/mol. The lowest BCUT2D eigenvalue weighted by atomic mass is 10.0. The molecule has 1 aromatic heterocycles. The third-order valence-corrected chi connectivity index (χ3v) is 3.97. The van der Waals surface area contributed by atoms with Crippen LogP contribution in [-0.2, 0) is 0 Å². The third-order valence-electron chi connectivity index (χ3n) is 3.97. The molecule has 0 aliphatic heterocycles. The summed E-state index contributed by atoms with van der Waals surface area (Å²) in [5, 5.41) is 3.69. The maximum atomic E-state index is 4.08. The van der Waals surface area contributed by atoms with E-state index in [-0.39, 0.29) is 0 Å². The van der Waals surface area contributed by atoms with Gasteiger partial charge in [0.1, 0.15) is 0 Å². The SMILES string of the molecule is CCCCCC(C)NC(C)c1ccc(-n2ccnc2)cc1. The smallest absolute Gasteiger partial charge is 0.0991 e. The van der Waals surface area contributed by atoms with E-state index in [9.17, 15) is 0 Å². The molecule has 2 unspecified atom stereocenters. The number of unbranched alkanes of at least 4 members (excludes halogenated alkanes) is 2. The second kappa shape index (κ2) is 7.99. The minimum atomic E-state index is 0.387. The van der Waals surface area contributed by atoms with E-state index >= 15 is 0 Å². The van der Waals surface area contributed by atoms with Crippen LogP contribution in [0.3, 0.4) is 0 Å². The highest BCUT2D eigenvalue weighted by atomic mass is 15.0. The quantitative estimate of drug-likeness (QED) is 0.724. The van der Waals surface area contributed by atoms with Gasteiger partial charge in [-0.1, -0.05) is 38.3 Å². The van der Waals surface area contributed by atoms with Gasteiger partial charge in [-0.2, -0.15) is 0 Å². The lowest BCUT2D eigenvalue weighted by molar-refractivity contribution is 0.440. The van der Waals surface area contributed by atoms with E-state index < -0.39 is 0 Å². The first-order valence-corrected chi connectivity index (χ1v) is 8.05. The van der Waals surface area contributed by atoms with Crippen molar-refractivity contribution in [1.82, 2.24) is 14.9 Å². The fourth-order valence-corrected chi connectivity index (χ4v) is 2.65. The fourth-order valence-electron chi connectivity index (χ4n) is 2.65. The van der Waals surface area contributed by atoms with Crippen molar-refractivity contribution >= 4 is 0 Å². The zero-order chi connectivity index (χ0) is 15.1. The van der Waals surface area contributed by atoms with Gasteiger partial charge >= 0.3 is 0 Å². The molecule has 3 nitrogen and oxygen atoms in total. The highest BCUT2D eigenvalue weighted by molar-refractivity contribution is 5.35. The molecular formula is C18H27N3. The van der Waals surface area contributed by atoms with Crippen LogP contribution in [0.4, 0.5) is 0 Å². The van der Waals surface area contributed by atoms with Gasteiger partial charge in [-0.05, 0) is 38.0 Å². The van der Waals surface area contributed by atoms with Crippen molar-refractivity contribution in [2.75, 3.05) is 0 Å². The first kappa shape index (κ1) is 15.8. The summed E-state index contributed by atoms with van der Waals surface area (Å²) in [6, 6.07) is 9.66. The lowest BCUT2D eigenvalue weighted by Gasteiger charge is -2.20. The molecule has 1 heterocycles. The topological polar surface area (TPSA) is 29.9 Å². The van der Waals surface area contributed by atoms with E-state index in [1.54, 1.807) is 6.20 Å². The molecule has 0 bridgehead atoms. The number of benzene rings is 1. The number of nitrogens with zero attached hydrogens (tertiary/aromatic N) is 2. The lowest BCUT2D eigenvalue weighted by Crippen LogP contribution is -2.28. The molecule has 1 aromatic carbocycles. The van der Waals surface area contributed by atoms with Crippen molar-refractivity contribution < 1.29 is 0 Å². The molecule has 3 heteroatoms. The number of imidazole rings is 1. The molecule has 0 amide bonds. The highest BCUT2D eigenvalue weighted by Crippen LogP contribution is 2.17. The molecule has 0 radical (unpaired) electrons. The van der Waals surface area contributed by atoms with Gasteiger partial charge in [0.25, 0.3) is 0 Å². The van der Waals surface area contributed by atoms with Crippen molar-refractivity contribution in [3.05, 3.63) is 48.5 Å². The minimum absolute atomic E-state index is 0.387. The van der Waals surface area contributed by atoms with Crippen LogP contribution in [0.25, 0.3) is 5.69 Å². The molecule has 2 rings (SSSR count). The first-order valence-electron chi connectivity index (χ1n) is 8.05. The third kappa shape index (κ3) is 4.71. The number of nitrogens with one attached hydrogen (secondary N) is 1. The maximum absolute atomic E-state index is 4.08. The van der Waals surface area contributed by atoms with Crippen LogP contribution in [0.5, 0.6) is 0 Å². The average molecular weight is 285 g/mol. The minimum Gasteiger partial charge on any atom is -0.308 e. The van der Waals surface area contributed by atoms with Gasteiger partial charge in [0.05, 0.1) is 6.33 Å². The monoisotopic (exact) mass is 285 g/mol. The van der Waals surface area contributed by atoms with E-state index in [1.165, 1.54) is 31.2 Å². The molecule has 0 saturated carbocycles. The fraction of sp³-hybridized carbons (Fsp3) is 0.500. The average Bonchev–Trinajstić information content (AvgIpc) is 3.02. The standard InChI is InChI=1S/C18H27N3/c1-4-5-6-7-15(2)20-16(3)17-8-10-18(11-9-17)21-13-12-19-14-21/h8-16,20H,4-7H2,1-3H3. The van der Waals surface area contributed by atoms with Gasteiger partial charge in [-0.15, -0.1) is 0 Å². The van der Waals surface area contributed by atoms with E-state index in [0.29, 0.717) is 12.1 Å². The Morgan fingerprint density at radius 2 is 1.90 bits per heavy atom. The van der Waals surface area contributed by atoms with Crippen LogP contribution >= 0.6 is 0 Å². The molecule has 1 N–H and O–H groups in total. The molecule has 0 spiro atoms. The van der Waals surface area contributed by atoms with E-state index in [1.807, 2.05) is 17.1 Å². The van der Waals surface area contributed by atoms with Crippen molar-refractivity contribution in [2.45, 2.75) is 58.5 Å². The van der Waals surface area contributed by atoms with Crippen LogP contribution in [0.2, 0.25) is 0 Å². The molecule has 0 saturated heterocycles. The van der Waals surface area contributed by atoms with Gasteiger partial charge in [0.15, 0.2) is 0 Å². The van der Waals surface area contributed by atoms with Crippen LogP contribution in [-0.4, -0.2) is 15.6 Å². The van der Waals surface area contributed by atoms with Crippen LogP contribution in [0, 0.1) is 0 Å². The van der Waals surface area contributed by atoms with Crippen molar-refractivity contribution in [1.29, 1.82) is 0 Å². The zero-order valence-corrected chi connectivity index (χ0v) is 13.4. The highest BCUT2D eigenvalue weighted by Gasteiger charge is 2.09. The largest absolute Gasteiger partial charge is 0.308 e. The normalized spacial score (nSPS) is 14.0. The van der Waals surface area contributed by atoms with Crippen LogP contribution in [0.15, 0.2) is 43.0 Å². The molecule has 0 aliphatic rings. The zero-order valence-electron chi connectivity index (χ0n) is 13.4. The number of rotatable bonds is 8. The summed E-state index contributed by atoms with van der Waals surface area (Å²) in [6.45, 7) is 6.77. The Hall–Kier alpha value is -1.61. The number of aromatic nitrogens is 2. The summed E-state index contributed by atoms with van der Waals surface area (Å²) in [5.74, 6) is 0. The Morgan fingerprint density at radius 1 is 1.14 bits per heavy atom. The van der Waals surface area contributed by atoms with Crippen LogP contribution < -0.4 is 5.32 Å². The molecule has 114 valence electrons.